The molecule has 1 aliphatic heterocycles. The van der Waals surface area contributed by atoms with E-state index in [9.17, 15) is 14.0 Å². The zero-order valence-electron chi connectivity index (χ0n) is 15.6. The molecule has 2 aromatic rings. The number of benzene rings is 2. The Morgan fingerprint density at radius 1 is 0.926 bits per heavy atom. The molecule has 1 saturated heterocycles. The minimum atomic E-state index is -0.370. The molecule has 0 radical (unpaired) electrons. The molecule has 6 heteroatoms. The molecule has 1 aliphatic rings. The molecule has 0 N–H and O–H groups in total. The van der Waals surface area contributed by atoms with Crippen LogP contribution in [0.2, 0.25) is 0 Å². The number of hydrogen-bond donors (Lipinski definition) is 0. The highest BCUT2D eigenvalue weighted by Gasteiger charge is 2.25. The predicted molar refractivity (Wildman–Crippen MR) is 100 cm³/mol. The minimum Gasteiger partial charge on any atom is -0.483 e. The molecule has 0 atom stereocenters. The van der Waals surface area contributed by atoms with Crippen LogP contribution in [0.25, 0.3) is 0 Å². The average Bonchev–Trinajstić information content (AvgIpc) is 2.67. The molecule has 142 valence electrons. The van der Waals surface area contributed by atoms with Gasteiger partial charge in [-0.25, -0.2) is 4.39 Å². The highest BCUT2D eigenvalue weighted by molar-refractivity contribution is 5.94. The van der Waals surface area contributed by atoms with E-state index in [2.05, 4.69) is 0 Å². The number of aryl methyl sites for hydroxylation is 2. The minimum absolute atomic E-state index is 0.0163. The third-order valence-corrected chi connectivity index (χ3v) is 4.76. The molecule has 1 fully saturated rings. The lowest BCUT2D eigenvalue weighted by atomic mass is 10.1. The van der Waals surface area contributed by atoms with E-state index in [1.165, 1.54) is 24.3 Å². The van der Waals surface area contributed by atoms with Gasteiger partial charge in [0.2, 0.25) is 0 Å². The molecule has 2 aromatic carbocycles. The smallest absolute Gasteiger partial charge is 0.260 e. The van der Waals surface area contributed by atoms with Crippen molar-refractivity contribution in [1.82, 2.24) is 9.80 Å². The van der Waals surface area contributed by atoms with Crippen molar-refractivity contribution in [2.45, 2.75) is 13.8 Å². The topological polar surface area (TPSA) is 49.9 Å². The van der Waals surface area contributed by atoms with Crippen molar-refractivity contribution in [3.8, 4) is 5.75 Å². The van der Waals surface area contributed by atoms with Crippen molar-refractivity contribution in [3.63, 3.8) is 0 Å². The van der Waals surface area contributed by atoms with Gasteiger partial charge in [-0.3, -0.25) is 9.59 Å². The third-order valence-electron chi connectivity index (χ3n) is 4.76. The molecule has 1 heterocycles. The van der Waals surface area contributed by atoms with Gasteiger partial charge in [0.05, 0.1) is 0 Å². The fourth-order valence-electron chi connectivity index (χ4n) is 3.19. The zero-order valence-corrected chi connectivity index (χ0v) is 15.6. The van der Waals surface area contributed by atoms with Gasteiger partial charge in [0.15, 0.2) is 6.61 Å². The zero-order chi connectivity index (χ0) is 19.4. The molecule has 5 nitrogen and oxygen atoms in total. The lowest BCUT2D eigenvalue weighted by Crippen LogP contribution is -2.51. The van der Waals surface area contributed by atoms with E-state index in [1.807, 2.05) is 32.0 Å². The fourth-order valence-corrected chi connectivity index (χ4v) is 3.19. The summed E-state index contributed by atoms with van der Waals surface area (Å²) in [5.74, 6) is 0.141. The first-order valence-electron chi connectivity index (χ1n) is 8.97. The summed E-state index contributed by atoms with van der Waals surface area (Å²) in [6, 6.07) is 11.4. The lowest BCUT2D eigenvalue weighted by Gasteiger charge is -2.34. The van der Waals surface area contributed by atoms with Crippen LogP contribution < -0.4 is 4.74 Å². The van der Waals surface area contributed by atoms with Gasteiger partial charge in [0.25, 0.3) is 11.8 Å². The highest BCUT2D eigenvalue weighted by atomic mass is 19.1. The molecular weight excluding hydrogens is 347 g/mol. The number of carbonyl (C=O) groups excluding carboxylic acids is 2. The van der Waals surface area contributed by atoms with Crippen LogP contribution in [-0.2, 0) is 4.79 Å². The maximum atomic E-state index is 13.0. The Morgan fingerprint density at radius 2 is 1.48 bits per heavy atom. The number of rotatable bonds is 4. The molecular formula is C21H23FN2O3. The van der Waals surface area contributed by atoms with Gasteiger partial charge >= 0.3 is 0 Å². The Bertz CT molecular complexity index is 808. The number of nitrogens with zero attached hydrogens (tertiary/aromatic N) is 2. The highest BCUT2D eigenvalue weighted by Crippen LogP contribution is 2.22. The van der Waals surface area contributed by atoms with Gasteiger partial charge in [-0.1, -0.05) is 18.2 Å². The third kappa shape index (κ3) is 4.45. The normalized spacial score (nSPS) is 14.2. The first-order chi connectivity index (χ1) is 13.0. The van der Waals surface area contributed by atoms with Crippen LogP contribution in [0.1, 0.15) is 21.5 Å². The largest absolute Gasteiger partial charge is 0.483 e. The average molecular weight is 370 g/mol. The Morgan fingerprint density at radius 3 is 2.07 bits per heavy atom. The van der Waals surface area contributed by atoms with E-state index in [-0.39, 0.29) is 24.2 Å². The molecule has 0 bridgehead atoms. The lowest BCUT2D eigenvalue weighted by molar-refractivity contribution is -0.134. The molecule has 27 heavy (non-hydrogen) atoms. The second kappa shape index (κ2) is 8.20. The summed E-state index contributed by atoms with van der Waals surface area (Å²) in [5, 5.41) is 0. The molecule has 0 saturated carbocycles. The maximum Gasteiger partial charge on any atom is 0.260 e. The van der Waals surface area contributed by atoms with E-state index >= 15 is 0 Å². The summed E-state index contributed by atoms with van der Waals surface area (Å²) in [6.07, 6.45) is 0. The van der Waals surface area contributed by atoms with E-state index in [1.54, 1.807) is 9.80 Å². The standard InChI is InChI=1S/C21H23FN2O3/c1-15-4-3-5-16(2)20(15)27-14-19(25)23-10-12-24(13-11-23)21(26)17-6-8-18(22)9-7-17/h3-9H,10-14H2,1-2H3. The summed E-state index contributed by atoms with van der Waals surface area (Å²) in [7, 11) is 0. The van der Waals surface area contributed by atoms with Gasteiger partial charge in [-0.2, -0.15) is 0 Å². The second-order valence-electron chi connectivity index (χ2n) is 6.69. The summed E-state index contributed by atoms with van der Waals surface area (Å²) < 4.78 is 18.7. The maximum absolute atomic E-state index is 13.0. The predicted octanol–water partition coefficient (Wildman–Crippen LogP) is 2.81. The quantitative estimate of drug-likeness (QED) is 0.832. The van der Waals surface area contributed by atoms with Crippen molar-refractivity contribution in [3.05, 3.63) is 65.0 Å². The van der Waals surface area contributed by atoms with Crippen LogP contribution in [-0.4, -0.2) is 54.4 Å². The summed E-state index contributed by atoms with van der Waals surface area (Å²) in [5.41, 5.74) is 2.45. The van der Waals surface area contributed by atoms with E-state index < -0.39 is 0 Å². The first kappa shape index (κ1) is 18.9. The van der Waals surface area contributed by atoms with Crippen molar-refractivity contribution in [2.75, 3.05) is 32.8 Å². The van der Waals surface area contributed by atoms with Crippen LogP contribution in [0.5, 0.6) is 5.75 Å². The molecule has 0 spiro atoms. The number of amides is 2. The monoisotopic (exact) mass is 370 g/mol. The van der Waals surface area contributed by atoms with Crippen LogP contribution in [0.3, 0.4) is 0 Å². The summed E-state index contributed by atoms with van der Waals surface area (Å²) in [4.78, 5) is 28.3. The van der Waals surface area contributed by atoms with Crippen molar-refractivity contribution in [2.24, 2.45) is 0 Å². The van der Waals surface area contributed by atoms with E-state index in [4.69, 9.17) is 4.74 Å². The Hall–Kier alpha value is -2.89. The molecule has 0 aliphatic carbocycles. The number of piperazine rings is 1. The molecule has 2 amide bonds. The van der Waals surface area contributed by atoms with Crippen LogP contribution in [0, 0.1) is 19.7 Å². The number of hydrogen-bond acceptors (Lipinski definition) is 3. The number of ether oxygens (including phenoxy) is 1. The van der Waals surface area contributed by atoms with Crippen molar-refractivity contribution in [1.29, 1.82) is 0 Å². The SMILES string of the molecule is Cc1cccc(C)c1OCC(=O)N1CCN(C(=O)c2ccc(F)cc2)CC1. The number of para-hydroxylation sites is 1. The van der Waals surface area contributed by atoms with Crippen LogP contribution in [0.15, 0.2) is 42.5 Å². The Labute approximate surface area is 158 Å². The summed E-state index contributed by atoms with van der Waals surface area (Å²) >= 11 is 0. The Balaban J connectivity index is 1.52. The van der Waals surface area contributed by atoms with Crippen molar-refractivity contribution >= 4 is 11.8 Å². The van der Waals surface area contributed by atoms with Gasteiger partial charge in [-0.15, -0.1) is 0 Å². The molecule has 0 aromatic heterocycles. The van der Waals surface area contributed by atoms with Crippen LogP contribution >= 0.6 is 0 Å². The van der Waals surface area contributed by atoms with Crippen molar-refractivity contribution < 1.29 is 18.7 Å². The van der Waals surface area contributed by atoms with E-state index in [0.717, 1.165) is 16.9 Å². The Kier molecular flexibility index (Phi) is 5.74. The van der Waals surface area contributed by atoms with Gasteiger partial charge < -0.3 is 14.5 Å². The van der Waals surface area contributed by atoms with Crippen LogP contribution in [0.4, 0.5) is 4.39 Å². The molecule has 3 rings (SSSR count). The first-order valence-corrected chi connectivity index (χ1v) is 8.97. The second-order valence-corrected chi connectivity index (χ2v) is 6.69. The molecule has 0 unspecified atom stereocenters. The summed E-state index contributed by atoms with van der Waals surface area (Å²) in [6.45, 7) is 5.71. The van der Waals surface area contributed by atoms with Gasteiger partial charge in [0.1, 0.15) is 11.6 Å². The van der Waals surface area contributed by atoms with Gasteiger partial charge in [-0.05, 0) is 49.2 Å². The number of halogens is 1. The number of carbonyl (C=O) groups is 2. The van der Waals surface area contributed by atoms with Gasteiger partial charge in [0, 0.05) is 31.7 Å². The van der Waals surface area contributed by atoms with E-state index in [0.29, 0.717) is 31.7 Å². The fraction of sp³-hybridized carbons (Fsp3) is 0.333.